The van der Waals surface area contributed by atoms with Gasteiger partial charge in [-0.05, 0) is 11.5 Å². The molecular weight excluding hydrogens is 290 g/mol. The van der Waals surface area contributed by atoms with E-state index in [2.05, 4.69) is 10.4 Å². The third-order valence-corrected chi connectivity index (χ3v) is 4.15. The van der Waals surface area contributed by atoms with Crippen molar-refractivity contribution >= 4 is 5.91 Å². The second kappa shape index (κ2) is 8.48. The molecule has 1 unspecified atom stereocenters. The molecule has 0 fully saturated rings. The fourth-order valence-electron chi connectivity index (χ4n) is 2.64. The number of aliphatic hydroxyl groups is 1. The smallest absolute Gasteiger partial charge is 0.254 e. The van der Waals surface area contributed by atoms with Crippen molar-refractivity contribution in [3.63, 3.8) is 0 Å². The molecule has 1 aromatic carbocycles. The number of nitrogens with one attached hydrogen (secondary N) is 1. The molecule has 2 N–H and O–H groups in total. The molecule has 23 heavy (non-hydrogen) atoms. The van der Waals surface area contributed by atoms with Crippen LogP contribution in [0.25, 0.3) is 0 Å². The van der Waals surface area contributed by atoms with E-state index in [0.29, 0.717) is 12.1 Å². The maximum absolute atomic E-state index is 12.1. The average Bonchev–Trinajstić information content (AvgIpc) is 3.03. The van der Waals surface area contributed by atoms with Crippen molar-refractivity contribution < 1.29 is 9.90 Å². The Balaban J connectivity index is 1.88. The van der Waals surface area contributed by atoms with Crippen LogP contribution in [-0.4, -0.2) is 33.4 Å². The summed E-state index contributed by atoms with van der Waals surface area (Å²) in [6, 6.07) is 9.97. The fourth-order valence-corrected chi connectivity index (χ4v) is 2.64. The van der Waals surface area contributed by atoms with E-state index in [1.165, 1.54) is 0 Å². The van der Waals surface area contributed by atoms with Gasteiger partial charge < -0.3 is 10.4 Å². The van der Waals surface area contributed by atoms with Crippen LogP contribution < -0.4 is 5.32 Å². The standard InChI is InChI=1S/C18H25N3O2/c1-3-15(4-2)17(22)11-19-18(23)16-10-20-21(13-16)12-14-8-6-5-7-9-14/h5-10,13,15,17,22H,3-4,11-12H2,1-2H3,(H,19,23). The fraction of sp³-hybridized carbons (Fsp3) is 0.444. The predicted octanol–water partition coefficient (Wildman–Crippen LogP) is 2.46. The van der Waals surface area contributed by atoms with Crippen LogP contribution >= 0.6 is 0 Å². The van der Waals surface area contributed by atoms with Gasteiger partial charge >= 0.3 is 0 Å². The van der Waals surface area contributed by atoms with E-state index in [1.54, 1.807) is 17.1 Å². The second-order valence-electron chi connectivity index (χ2n) is 5.77. The second-order valence-corrected chi connectivity index (χ2v) is 5.77. The first-order valence-corrected chi connectivity index (χ1v) is 8.16. The van der Waals surface area contributed by atoms with Gasteiger partial charge in [0.15, 0.2) is 0 Å². The molecule has 0 radical (unpaired) electrons. The number of aromatic nitrogens is 2. The molecule has 0 saturated heterocycles. The van der Waals surface area contributed by atoms with E-state index < -0.39 is 6.10 Å². The number of amides is 1. The number of aliphatic hydroxyl groups excluding tert-OH is 1. The Labute approximate surface area is 137 Å². The first-order chi connectivity index (χ1) is 11.1. The Hall–Kier alpha value is -2.14. The van der Waals surface area contributed by atoms with Crippen LogP contribution in [0.1, 0.15) is 42.6 Å². The number of rotatable bonds is 8. The summed E-state index contributed by atoms with van der Waals surface area (Å²) in [6.07, 6.45) is 4.59. The third kappa shape index (κ3) is 4.93. The largest absolute Gasteiger partial charge is 0.391 e. The van der Waals surface area contributed by atoms with Gasteiger partial charge in [-0.25, -0.2) is 0 Å². The minimum atomic E-state index is -0.506. The van der Waals surface area contributed by atoms with Crippen LogP contribution in [0.5, 0.6) is 0 Å². The highest BCUT2D eigenvalue weighted by Gasteiger charge is 2.17. The van der Waals surface area contributed by atoms with Crippen LogP contribution in [-0.2, 0) is 6.54 Å². The summed E-state index contributed by atoms with van der Waals surface area (Å²) in [6.45, 7) is 5.00. The summed E-state index contributed by atoms with van der Waals surface area (Å²) in [7, 11) is 0. The number of hydrogen-bond donors (Lipinski definition) is 2. The Morgan fingerprint density at radius 3 is 2.61 bits per heavy atom. The molecular formula is C18H25N3O2. The lowest BCUT2D eigenvalue weighted by Gasteiger charge is -2.20. The van der Waals surface area contributed by atoms with Crippen LogP contribution in [0, 0.1) is 5.92 Å². The van der Waals surface area contributed by atoms with Gasteiger partial charge in [-0.15, -0.1) is 0 Å². The van der Waals surface area contributed by atoms with Crippen LogP contribution in [0.4, 0.5) is 0 Å². The van der Waals surface area contributed by atoms with Gasteiger partial charge in [0.2, 0.25) is 0 Å². The average molecular weight is 315 g/mol. The summed E-state index contributed by atoms with van der Waals surface area (Å²) in [5.41, 5.74) is 1.64. The van der Waals surface area contributed by atoms with Gasteiger partial charge in [-0.3, -0.25) is 9.48 Å². The van der Waals surface area contributed by atoms with Crippen molar-refractivity contribution in [3.8, 4) is 0 Å². The molecule has 2 rings (SSSR count). The zero-order valence-corrected chi connectivity index (χ0v) is 13.8. The quantitative estimate of drug-likeness (QED) is 0.786. The highest BCUT2D eigenvalue weighted by atomic mass is 16.3. The van der Waals surface area contributed by atoms with Crippen LogP contribution in [0.2, 0.25) is 0 Å². The van der Waals surface area contributed by atoms with Crippen molar-refractivity contribution in [3.05, 3.63) is 53.9 Å². The highest BCUT2D eigenvalue weighted by molar-refractivity contribution is 5.93. The first kappa shape index (κ1) is 17.2. The minimum Gasteiger partial charge on any atom is -0.391 e. The van der Waals surface area contributed by atoms with E-state index in [0.717, 1.165) is 18.4 Å². The predicted molar refractivity (Wildman–Crippen MR) is 90.2 cm³/mol. The molecule has 0 saturated carbocycles. The molecule has 5 nitrogen and oxygen atoms in total. The van der Waals surface area contributed by atoms with E-state index in [4.69, 9.17) is 0 Å². The lowest BCUT2D eigenvalue weighted by Crippen LogP contribution is -2.35. The van der Waals surface area contributed by atoms with Gasteiger partial charge in [-0.2, -0.15) is 5.10 Å². The number of carbonyl (C=O) groups excluding carboxylic acids is 1. The molecule has 0 aliphatic rings. The normalized spacial score (nSPS) is 12.3. The van der Waals surface area contributed by atoms with Gasteiger partial charge in [0.05, 0.1) is 24.4 Å². The zero-order chi connectivity index (χ0) is 16.7. The zero-order valence-electron chi connectivity index (χ0n) is 13.8. The molecule has 1 atom stereocenters. The Morgan fingerprint density at radius 1 is 1.26 bits per heavy atom. The molecule has 2 aromatic rings. The molecule has 0 spiro atoms. The van der Waals surface area contributed by atoms with Gasteiger partial charge in [0.25, 0.3) is 5.91 Å². The topological polar surface area (TPSA) is 67.2 Å². The molecule has 5 heteroatoms. The molecule has 0 aliphatic carbocycles. The maximum Gasteiger partial charge on any atom is 0.254 e. The monoisotopic (exact) mass is 315 g/mol. The molecule has 124 valence electrons. The number of benzene rings is 1. The van der Waals surface area contributed by atoms with Crippen LogP contribution in [0.3, 0.4) is 0 Å². The first-order valence-electron chi connectivity index (χ1n) is 8.16. The lowest BCUT2D eigenvalue weighted by molar-refractivity contribution is 0.0816. The van der Waals surface area contributed by atoms with E-state index >= 15 is 0 Å². The minimum absolute atomic E-state index is 0.200. The highest BCUT2D eigenvalue weighted by Crippen LogP contribution is 2.12. The Morgan fingerprint density at radius 2 is 1.96 bits per heavy atom. The summed E-state index contributed by atoms with van der Waals surface area (Å²) >= 11 is 0. The number of hydrogen-bond acceptors (Lipinski definition) is 3. The molecule has 1 amide bonds. The molecule has 1 aromatic heterocycles. The number of nitrogens with zero attached hydrogens (tertiary/aromatic N) is 2. The SMILES string of the molecule is CCC(CC)C(O)CNC(=O)c1cnn(Cc2ccccc2)c1. The number of carbonyl (C=O) groups is 1. The van der Waals surface area contributed by atoms with Crippen molar-refractivity contribution in [2.75, 3.05) is 6.54 Å². The molecule has 1 heterocycles. The summed E-state index contributed by atoms with van der Waals surface area (Å²) < 4.78 is 1.74. The lowest BCUT2D eigenvalue weighted by atomic mass is 9.96. The summed E-state index contributed by atoms with van der Waals surface area (Å²) in [5.74, 6) is 0.0189. The van der Waals surface area contributed by atoms with Gasteiger partial charge in [0.1, 0.15) is 0 Å². The van der Waals surface area contributed by atoms with Gasteiger partial charge in [-0.1, -0.05) is 57.0 Å². The Bertz CT molecular complexity index is 606. The van der Waals surface area contributed by atoms with Crippen LogP contribution in [0.15, 0.2) is 42.7 Å². The summed E-state index contributed by atoms with van der Waals surface area (Å²) in [5, 5.41) is 17.1. The maximum atomic E-state index is 12.1. The van der Waals surface area contributed by atoms with Crippen molar-refractivity contribution in [2.24, 2.45) is 5.92 Å². The van der Waals surface area contributed by atoms with Gasteiger partial charge in [0, 0.05) is 12.7 Å². The van der Waals surface area contributed by atoms with Crippen molar-refractivity contribution in [2.45, 2.75) is 39.3 Å². The Kier molecular flexibility index (Phi) is 6.35. The third-order valence-electron chi connectivity index (χ3n) is 4.15. The van der Waals surface area contributed by atoms with E-state index in [-0.39, 0.29) is 18.4 Å². The van der Waals surface area contributed by atoms with Crippen molar-refractivity contribution in [1.82, 2.24) is 15.1 Å². The molecule has 0 aliphatic heterocycles. The molecule has 0 bridgehead atoms. The van der Waals surface area contributed by atoms with E-state index in [9.17, 15) is 9.90 Å². The summed E-state index contributed by atoms with van der Waals surface area (Å²) in [4.78, 5) is 12.1. The van der Waals surface area contributed by atoms with E-state index in [1.807, 2.05) is 44.2 Å². The van der Waals surface area contributed by atoms with Crippen molar-refractivity contribution in [1.29, 1.82) is 0 Å².